The lowest BCUT2D eigenvalue weighted by Gasteiger charge is -2.14. The van der Waals surface area contributed by atoms with E-state index < -0.39 is 18.1 Å². The van der Waals surface area contributed by atoms with Crippen molar-refractivity contribution < 1.29 is 19.7 Å². The van der Waals surface area contributed by atoms with Gasteiger partial charge in [0.25, 0.3) is 0 Å². The van der Waals surface area contributed by atoms with Gasteiger partial charge in [-0.15, -0.1) is 0 Å². The highest BCUT2D eigenvalue weighted by Crippen LogP contribution is 2.12. The number of aliphatic hydroxyl groups is 2. The van der Waals surface area contributed by atoms with Gasteiger partial charge >= 0.3 is 0 Å². The summed E-state index contributed by atoms with van der Waals surface area (Å²) in [6.07, 6.45) is -1.01. The molecule has 1 aromatic carbocycles. The van der Waals surface area contributed by atoms with Crippen LogP contribution >= 0.6 is 0 Å². The predicted octanol–water partition coefficient (Wildman–Crippen LogP) is -0.575. The van der Waals surface area contributed by atoms with Crippen molar-refractivity contribution in [3.8, 4) is 5.75 Å². The Morgan fingerprint density at radius 3 is 2.50 bits per heavy atom. The Hall–Kier alpha value is -1.63. The molecular formula is C14H22N2O4. The minimum Gasteiger partial charge on any atom is -0.491 e. The number of carbonyl (C=O) groups excluding carboxylic acids is 1. The zero-order valence-corrected chi connectivity index (χ0v) is 11.6. The summed E-state index contributed by atoms with van der Waals surface area (Å²) in [7, 11) is 0. The summed E-state index contributed by atoms with van der Waals surface area (Å²) in [5, 5.41) is 21.6. The van der Waals surface area contributed by atoms with Gasteiger partial charge in [0.2, 0.25) is 5.91 Å². The number of ether oxygens (including phenoxy) is 1. The summed E-state index contributed by atoms with van der Waals surface area (Å²) in [6.45, 7) is 2.42. The summed E-state index contributed by atoms with van der Waals surface area (Å²) in [5.74, 6) is -0.0994. The first kappa shape index (κ1) is 16.4. The number of aryl methyl sites for hydroxylation is 1. The molecule has 112 valence electrons. The van der Waals surface area contributed by atoms with Crippen LogP contribution in [0.1, 0.15) is 12.5 Å². The maximum absolute atomic E-state index is 10.6. The van der Waals surface area contributed by atoms with Gasteiger partial charge in [-0.1, -0.05) is 19.1 Å². The minimum atomic E-state index is -1.25. The Balaban J connectivity index is 2.22. The normalized spacial score (nSPS) is 13.8. The van der Waals surface area contributed by atoms with Crippen LogP contribution < -0.4 is 15.8 Å². The molecule has 0 heterocycles. The van der Waals surface area contributed by atoms with Crippen LogP contribution in [0.15, 0.2) is 24.3 Å². The molecule has 1 aromatic rings. The highest BCUT2D eigenvalue weighted by molar-refractivity contribution is 5.78. The summed E-state index contributed by atoms with van der Waals surface area (Å²) < 4.78 is 5.43. The van der Waals surface area contributed by atoms with Crippen molar-refractivity contribution in [1.82, 2.24) is 5.32 Å². The maximum atomic E-state index is 10.6. The average molecular weight is 282 g/mol. The number of rotatable bonds is 9. The molecule has 20 heavy (non-hydrogen) atoms. The number of amides is 1. The van der Waals surface area contributed by atoms with Gasteiger partial charge in [0.05, 0.1) is 0 Å². The van der Waals surface area contributed by atoms with Crippen molar-refractivity contribution >= 4 is 5.91 Å². The largest absolute Gasteiger partial charge is 0.491 e. The molecule has 0 aliphatic heterocycles. The van der Waals surface area contributed by atoms with Crippen LogP contribution in [-0.4, -0.2) is 48.0 Å². The van der Waals surface area contributed by atoms with Gasteiger partial charge in [-0.3, -0.25) is 4.79 Å². The lowest BCUT2D eigenvalue weighted by atomic mass is 10.2. The Labute approximate surface area is 118 Å². The molecule has 0 aliphatic rings. The Bertz CT molecular complexity index is 408. The second-order valence-corrected chi connectivity index (χ2v) is 4.54. The SMILES string of the molecule is CCc1ccc(OCC(O)CNCC(O)C(N)=O)cc1. The highest BCUT2D eigenvalue weighted by Gasteiger charge is 2.11. The lowest BCUT2D eigenvalue weighted by molar-refractivity contribution is -0.125. The minimum absolute atomic E-state index is 0.0115. The monoisotopic (exact) mass is 282 g/mol. The molecule has 2 atom stereocenters. The summed E-state index contributed by atoms with van der Waals surface area (Å²) >= 11 is 0. The van der Waals surface area contributed by atoms with E-state index in [9.17, 15) is 9.90 Å². The van der Waals surface area contributed by atoms with E-state index in [2.05, 4.69) is 12.2 Å². The first-order chi connectivity index (χ1) is 9.52. The molecule has 2 unspecified atom stereocenters. The highest BCUT2D eigenvalue weighted by atomic mass is 16.5. The summed E-state index contributed by atoms with van der Waals surface area (Å²) in [4.78, 5) is 10.6. The molecule has 0 aliphatic carbocycles. The third-order valence-corrected chi connectivity index (χ3v) is 2.82. The van der Waals surface area contributed by atoms with E-state index in [1.54, 1.807) is 0 Å². The molecule has 0 radical (unpaired) electrons. The van der Waals surface area contributed by atoms with Gasteiger partial charge in [0, 0.05) is 13.1 Å². The van der Waals surface area contributed by atoms with Crippen molar-refractivity contribution in [1.29, 1.82) is 0 Å². The van der Waals surface area contributed by atoms with E-state index in [-0.39, 0.29) is 19.7 Å². The van der Waals surface area contributed by atoms with Gasteiger partial charge < -0.3 is 26.0 Å². The second kappa shape index (κ2) is 8.52. The van der Waals surface area contributed by atoms with Crippen LogP contribution in [0.3, 0.4) is 0 Å². The molecule has 0 aromatic heterocycles. The van der Waals surface area contributed by atoms with E-state index in [0.717, 1.165) is 6.42 Å². The van der Waals surface area contributed by atoms with E-state index in [1.807, 2.05) is 24.3 Å². The van der Waals surface area contributed by atoms with E-state index in [4.69, 9.17) is 15.6 Å². The van der Waals surface area contributed by atoms with Crippen molar-refractivity contribution in [3.63, 3.8) is 0 Å². The van der Waals surface area contributed by atoms with Crippen LogP contribution in [0.5, 0.6) is 5.75 Å². The molecule has 6 heteroatoms. The molecular weight excluding hydrogens is 260 g/mol. The third-order valence-electron chi connectivity index (χ3n) is 2.82. The number of aliphatic hydroxyl groups excluding tert-OH is 2. The molecule has 6 nitrogen and oxygen atoms in total. The number of hydrogen-bond donors (Lipinski definition) is 4. The van der Waals surface area contributed by atoms with E-state index in [0.29, 0.717) is 5.75 Å². The lowest BCUT2D eigenvalue weighted by Crippen LogP contribution is -2.41. The maximum Gasteiger partial charge on any atom is 0.247 e. The first-order valence-corrected chi connectivity index (χ1v) is 6.60. The fourth-order valence-electron chi connectivity index (χ4n) is 1.56. The molecule has 1 rings (SSSR count). The number of nitrogens with one attached hydrogen (secondary N) is 1. The topological polar surface area (TPSA) is 105 Å². The van der Waals surface area contributed by atoms with E-state index in [1.165, 1.54) is 5.56 Å². The van der Waals surface area contributed by atoms with Crippen molar-refractivity contribution in [3.05, 3.63) is 29.8 Å². The standard InChI is InChI=1S/C14H22N2O4/c1-2-10-3-5-12(6-4-10)20-9-11(17)7-16-8-13(18)14(15)19/h3-6,11,13,16-18H,2,7-9H2,1H3,(H2,15,19). The van der Waals surface area contributed by atoms with Crippen LogP contribution in [0.25, 0.3) is 0 Å². The fourth-order valence-corrected chi connectivity index (χ4v) is 1.56. The van der Waals surface area contributed by atoms with Gasteiger partial charge in [-0.05, 0) is 24.1 Å². The van der Waals surface area contributed by atoms with Crippen molar-refractivity contribution in [2.45, 2.75) is 25.6 Å². The van der Waals surface area contributed by atoms with Crippen LogP contribution in [0, 0.1) is 0 Å². The van der Waals surface area contributed by atoms with Crippen molar-refractivity contribution in [2.75, 3.05) is 19.7 Å². The molecule has 0 bridgehead atoms. The first-order valence-electron chi connectivity index (χ1n) is 6.60. The number of hydrogen-bond acceptors (Lipinski definition) is 5. The van der Waals surface area contributed by atoms with Gasteiger partial charge in [-0.2, -0.15) is 0 Å². The average Bonchev–Trinajstić information content (AvgIpc) is 2.45. The van der Waals surface area contributed by atoms with Gasteiger partial charge in [-0.25, -0.2) is 0 Å². The summed E-state index contributed by atoms with van der Waals surface area (Å²) in [5.41, 5.74) is 6.12. The summed E-state index contributed by atoms with van der Waals surface area (Å²) in [6, 6.07) is 7.66. The van der Waals surface area contributed by atoms with Crippen LogP contribution in [0.2, 0.25) is 0 Å². The molecule has 0 spiro atoms. The smallest absolute Gasteiger partial charge is 0.247 e. The zero-order valence-electron chi connectivity index (χ0n) is 11.6. The predicted molar refractivity (Wildman–Crippen MR) is 75.4 cm³/mol. The molecule has 0 saturated heterocycles. The fraction of sp³-hybridized carbons (Fsp3) is 0.500. The molecule has 0 saturated carbocycles. The molecule has 5 N–H and O–H groups in total. The number of benzene rings is 1. The Morgan fingerprint density at radius 1 is 1.30 bits per heavy atom. The number of nitrogens with two attached hydrogens (primary N) is 1. The molecule has 0 fully saturated rings. The Morgan fingerprint density at radius 2 is 1.95 bits per heavy atom. The Kier molecular flexibility index (Phi) is 7.00. The van der Waals surface area contributed by atoms with Crippen LogP contribution in [-0.2, 0) is 11.2 Å². The number of carbonyl (C=O) groups is 1. The second-order valence-electron chi connectivity index (χ2n) is 4.54. The van der Waals surface area contributed by atoms with Gasteiger partial charge in [0.15, 0.2) is 0 Å². The van der Waals surface area contributed by atoms with Crippen molar-refractivity contribution in [2.24, 2.45) is 5.73 Å². The molecule has 1 amide bonds. The zero-order chi connectivity index (χ0) is 15.0. The van der Waals surface area contributed by atoms with Crippen LogP contribution in [0.4, 0.5) is 0 Å². The van der Waals surface area contributed by atoms with E-state index >= 15 is 0 Å². The number of primary amides is 1. The third kappa shape index (κ3) is 6.01. The quantitative estimate of drug-likeness (QED) is 0.485. The van der Waals surface area contributed by atoms with Gasteiger partial charge in [0.1, 0.15) is 24.6 Å².